The Morgan fingerprint density at radius 3 is 1.29 bits per heavy atom. The number of rotatable bonds is 5. The van der Waals surface area contributed by atoms with Gasteiger partial charge in [0.15, 0.2) is 17.5 Å². The summed E-state index contributed by atoms with van der Waals surface area (Å²) in [6.45, 7) is 0. The summed E-state index contributed by atoms with van der Waals surface area (Å²) < 4.78 is 2.36. The summed E-state index contributed by atoms with van der Waals surface area (Å²) in [5.74, 6) is 1.91. The van der Waals surface area contributed by atoms with Gasteiger partial charge in [-0.25, -0.2) is 15.0 Å². The van der Waals surface area contributed by atoms with E-state index in [9.17, 15) is 0 Å². The van der Waals surface area contributed by atoms with Crippen molar-refractivity contribution in [2.75, 3.05) is 0 Å². The van der Waals surface area contributed by atoms with Crippen molar-refractivity contribution < 1.29 is 0 Å². The Kier molecular flexibility index (Phi) is 7.14. The monoisotopic (exact) mass is 700 g/mol. The number of para-hydroxylation sites is 2. The normalized spacial score (nSPS) is 11.6. The van der Waals surface area contributed by atoms with Gasteiger partial charge in [0.1, 0.15) is 0 Å². The molecule has 0 N–H and O–H groups in total. The number of benzene rings is 9. The first-order chi connectivity index (χ1) is 27.3. The molecule has 0 fully saturated rings. The third-order valence-corrected chi connectivity index (χ3v) is 10.8. The van der Waals surface area contributed by atoms with Crippen LogP contribution in [0.1, 0.15) is 0 Å². The van der Waals surface area contributed by atoms with Gasteiger partial charge in [0.25, 0.3) is 0 Å². The molecule has 55 heavy (non-hydrogen) atoms. The molecule has 0 bridgehead atoms. The Morgan fingerprint density at radius 2 is 0.673 bits per heavy atom. The minimum atomic E-state index is 0.632. The molecule has 4 nitrogen and oxygen atoms in total. The lowest BCUT2D eigenvalue weighted by Crippen LogP contribution is -2.00. The van der Waals surface area contributed by atoms with E-state index in [2.05, 4.69) is 180 Å². The molecule has 256 valence electrons. The van der Waals surface area contributed by atoms with Gasteiger partial charge < -0.3 is 4.57 Å². The lowest BCUT2D eigenvalue weighted by atomic mass is 9.93. The molecule has 0 atom stereocenters. The maximum absolute atomic E-state index is 5.18. The fraction of sp³-hybridized carbons (Fsp3) is 0. The number of hydrogen-bond donors (Lipinski definition) is 0. The van der Waals surface area contributed by atoms with E-state index in [1.54, 1.807) is 0 Å². The summed E-state index contributed by atoms with van der Waals surface area (Å²) in [5.41, 5.74) is 8.53. The maximum atomic E-state index is 5.18. The zero-order chi connectivity index (χ0) is 36.3. The van der Waals surface area contributed by atoms with Crippen LogP contribution in [0, 0.1) is 0 Å². The second-order valence-corrected chi connectivity index (χ2v) is 14.0. The highest BCUT2D eigenvalue weighted by Gasteiger charge is 2.16. The largest absolute Gasteiger partial charge is 0.309 e. The quantitative estimate of drug-likeness (QED) is 0.168. The average Bonchev–Trinajstić information content (AvgIpc) is 3.61. The van der Waals surface area contributed by atoms with Crippen LogP contribution in [0.4, 0.5) is 0 Å². The van der Waals surface area contributed by atoms with Crippen LogP contribution in [0.25, 0.3) is 105 Å². The van der Waals surface area contributed by atoms with Crippen molar-refractivity contribution in [2.24, 2.45) is 0 Å². The predicted octanol–water partition coefficient (Wildman–Crippen LogP) is 13.1. The van der Waals surface area contributed by atoms with E-state index in [1.807, 2.05) is 18.2 Å². The van der Waals surface area contributed by atoms with Gasteiger partial charge in [-0.3, -0.25) is 0 Å². The van der Waals surface area contributed by atoms with E-state index in [4.69, 9.17) is 15.0 Å². The molecule has 0 unspecified atom stereocenters. The zero-order valence-corrected chi connectivity index (χ0v) is 29.8. The van der Waals surface area contributed by atoms with Crippen molar-refractivity contribution in [1.82, 2.24) is 19.5 Å². The van der Waals surface area contributed by atoms with Gasteiger partial charge >= 0.3 is 0 Å². The van der Waals surface area contributed by atoms with Gasteiger partial charge in [-0.2, -0.15) is 0 Å². The van der Waals surface area contributed by atoms with E-state index in [1.165, 1.54) is 54.1 Å². The van der Waals surface area contributed by atoms with Crippen molar-refractivity contribution in [3.63, 3.8) is 0 Å². The molecular formula is C51H32N4. The van der Waals surface area contributed by atoms with Crippen molar-refractivity contribution in [2.45, 2.75) is 0 Å². The van der Waals surface area contributed by atoms with E-state index in [0.717, 1.165) is 33.5 Å². The summed E-state index contributed by atoms with van der Waals surface area (Å²) in [4.78, 5) is 15.4. The molecule has 0 amide bonds. The van der Waals surface area contributed by atoms with E-state index < -0.39 is 0 Å². The first-order valence-corrected chi connectivity index (χ1v) is 18.6. The highest BCUT2D eigenvalue weighted by Crippen LogP contribution is 2.38. The summed E-state index contributed by atoms with van der Waals surface area (Å²) >= 11 is 0. The van der Waals surface area contributed by atoms with Gasteiger partial charge in [-0.05, 0) is 79.8 Å². The Balaban J connectivity index is 1.06. The van der Waals surface area contributed by atoms with Gasteiger partial charge in [-0.1, -0.05) is 158 Å². The third-order valence-electron chi connectivity index (χ3n) is 10.8. The number of fused-ring (bicyclic) bond motifs is 9. The number of aromatic nitrogens is 4. The Morgan fingerprint density at radius 1 is 0.255 bits per heavy atom. The highest BCUT2D eigenvalue weighted by atomic mass is 15.0. The lowest BCUT2D eigenvalue weighted by molar-refractivity contribution is 1.07. The van der Waals surface area contributed by atoms with Crippen LogP contribution in [-0.4, -0.2) is 19.5 Å². The molecule has 2 aromatic heterocycles. The van der Waals surface area contributed by atoms with Gasteiger partial charge in [-0.15, -0.1) is 0 Å². The molecule has 4 heteroatoms. The fourth-order valence-electron chi connectivity index (χ4n) is 8.26. The van der Waals surface area contributed by atoms with E-state index >= 15 is 0 Å². The second-order valence-electron chi connectivity index (χ2n) is 14.0. The van der Waals surface area contributed by atoms with Crippen LogP contribution < -0.4 is 0 Å². The molecule has 0 saturated heterocycles. The predicted molar refractivity (Wildman–Crippen MR) is 228 cm³/mol. The van der Waals surface area contributed by atoms with Crippen molar-refractivity contribution in [3.05, 3.63) is 194 Å². The van der Waals surface area contributed by atoms with Crippen LogP contribution in [0.15, 0.2) is 194 Å². The van der Waals surface area contributed by atoms with Crippen molar-refractivity contribution >= 4 is 54.1 Å². The number of nitrogens with zero attached hydrogens (tertiary/aromatic N) is 4. The minimum Gasteiger partial charge on any atom is -0.309 e. The molecule has 0 spiro atoms. The van der Waals surface area contributed by atoms with Crippen LogP contribution in [-0.2, 0) is 0 Å². The smallest absolute Gasteiger partial charge is 0.164 e. The second kappa shape index (κ2) is 12.6. The molecule has 11 aromatic rings. The van der Waals surface area contributed by atoms with Crippen molar-refractivity contribution in [3.8, 4) is 51.0 Å². The Bertz CT molecular complexity index is 3180. The summed E-state index contributed by atoms with van der Waals surface area (Å²) in [6.07, 6.45) is 0. The number of hydrogen-bond acceptors (Lipinski definition) is 3. The Hall–Kier alpha value is -7.43. The molecule has 0 saturated carbocycles. The molecule has 2 heterocycles. The standard InChI is InChI=1S/C51H32N4/c1-2-14-33(15-3-1)49-52-50(54-51(53-49)37-28-29-43-41-22-5-4-20-39(41)40-21-6-7-23-42(40)46(43)32-37)36-18-12-16-34(30-36)35-17-13-19-38(31-35)55-47-26-10-8-24-44(47)45-25-9-11-27-48(45)55/h1-32H. The van der Waals surface area contributed by atoms with Gasteiger partial charge in [0, 0.05) is 33.2 Å². The van der Waals surface area contributed by atoms with Crippen LogP contribution >= 0.6 is 0 Å². The summed E-state index contributed by atoms with van der Waals surface area (Å²) in [7, 11) is 0. The first kappa shape index (κ1) is 31.1. The van der Waals surface area contributed by atoms with Gasteiger partial charge in [0.2, 0.25) is 0 Å². The lowest BCUT2D eigenvalue weighted by Gasteiger charge is -2.13. The van der Waals surface area contributed by atoms with Gasteiger partial charge in [0.05, 0.1) is 11.0 Å². The molecule has 9 aromatic carbocycles. The summed E-state index contributed by atoms with van der Waals surface area (Å²) in [5, 5.41) is 9.84. The molecule has 11 rings (SSSR count). The molecule has 0 aliphatic rings. The maximum Gasteiger partial charge on any atom is 0.164 e. The van der Waals surface area contributed by atoms with Crippen LogP contribution in [0.3, 0.4) is 0 Å². The highest BCUT2D eigenvalue weighted by molar-refractivity contribution is 6.25. The fourth-order valence-corrected chi connectivity index (χ4v) is 8.26. The first-order valence-electron chi connectivity index (χ1n) is 18.6. The summed E-state index contributed by atoms with van der Waals surface area (Å²) in [6, 6.07) is 68.7. The third kappa shape index (κ3) is 5.19. The Labute approximate surface area is 317 Å². The average molecular weight is 701 g/mol. The van der Waals surface area contributed by atoms with E-state index in [-0.39, 0.29) is 0 Å². The van der Waals surface area contributed by atoms with E-state index in [0.29, 0.717) is 17.5 Å². The topological polar surface area (TPSA) is 43.6 Å². The minimum absolute atomic E-state index is 0.632. The molecular weight excluding hydrogens is 669 g/mol. The van der Waals surface area contributed by atoms with Crippen molar-refractivity contribution in [1.29, 1.82) is 0 Å². The van der Waals surface area contributed by atoms with Crippen LogP contribution in [0.5, 0.6) is 0 Å². The molecule has 0 aliphatic heterocycles. The van der Waals surface area contributed by atoms with Crippen LogP contribution in [0.2, 0.25) is 0 Å². The molecule has 0 radical (unpaired) electrons. The molecule has 0 aliphatic carbocycles. The SMILES string of the molecule is c1ccc(-c2nc(-c3cccc(-c4cccc(-n5c6ccccc6c6ccccc65)c4)c3)nc(-c3ccc4c5ccccc5c5ccccc5c4c3)n2)cc1. The zero-order valence-electron chi connectivity index (χ0n) is 29.8.